The van der Waals surface area contributed by atoms with Crippen LogP contribution in [0.25, 0.3) is 0 Å². The van der Waals surface area contributed by atoms with E-state index in [9.17, 15) is 0 Å². The van der Waals surface area contributed by atoms with E-state index in [1.165, 1.54) is 140 Å². The minimum Gasteiger partial charge on any atom is -0.385 e. The normalized spacial score (nSPS) is 11.2. The van der Waals surface area contributed by atoms with Crippen LogP contribution in [0.4, 0.5) is 11.4 Å². The molecule has 2 N–H and O–H groups in total. The van der Waals surface area contributed by atoms with Crippen molar-refractivity contribution < 1.29 is 9.13 Å². The largest absolute Gasteiger partial charge is 0.385 e. The second-order valence-corrected chi connectivity index (χ2v) is 11.9. The van der Waals surface area contributed by atoms with Gasteiger partial charge in [0.1, 0.15) is 13.1 Å². The highest BCUT2D eigenvalue weighted by atomic mass is 14.9. The number of hydrogen-bond donors (Lipinski definition) is 2. The van der Waals surface area contributed by atoms with Gasteiger partial charge in [-0.05, 0) is 25.7 Å². The topological polar surface area (TPSA) is 31.8 Å². The summed E-state index contributed by atoms with van der Waals surface area (Å²) in [4.78, 5) is 0. The zero-order chi connectivity index (χ0) is 28.4. The molecule has 4 heteroatoms. The third kappa shape index (κ3) is 18.3. The number of unbranched alkanes of at least 4 members (excludes halogenated alkanes) is 17. The molecule has 226 valence electrons. The van der Waals surface area contributed by atoms with E-state index >= 15 is 0 Å². The van der Waals surface area contributed by atoms with Crippen LogP contribution in [-0.2, 0) is 13.1 Å². The lowest BCUT2D eigenvalue weighted by atomic mass is 10.1. The van der Waals surface area contributed by atoms with Crippen molar-refractivity contribution in [2.75, 3.05) is 23.7 Å². The molecule has 0 saturated carbocycles. The van der Waals surface area contributed by atoms with Gasteiger partial charge in [0.15, 0.2) is 24.8 Å². The number of nitrogens with zero attached hydrogens (tertiary/aromatic N) is 2. The van der Waals surface area contributed by atoms with Gasteiger partial charge >= 0.3 is 0 Å². The van der Waals surface area contributed by atoms with E-state index < -0.39 is 0 Å². The van der Waals surface area contributed by atoms with Gasteiger partial charge in [0.05, 0.1) is 0 Å². The molecular formula is C36H64N4+2. The summed E-state index contributed by atoms with van der Waals surface area (Å²) in [6.45, 7) is 9.04. The molecular weight excluding hydrogens is 488 g/mol. The van der Waals surface area contributed by atoms with Gasteiger partial charge in [-0.15, -0.1) is 0 Å². The monoisotopic (exact) mass is 553 g/mol. The number of aromatic nitrogens is 2. The van der Waals surface area contributed by atoms with Gasteiger partial charge in [0.2, 0.25) is 0 Å². The Labute approximate surface area is 248 Å². The van der Waals surface area contributed by atoms with Crippen LogP contribution in [0, 0.1) is 0 Å². The smallest absolute Gasteiger partial charge is 0.170 e. The quantitative estimate of drug-likeness (QED) is 0.0854. The van der Waals surface area contributed by atoms with Crippen molar-refractivity contribution in [2.45, 2.75) is 155 Å². The molecule has 0 spiro atoms. The molecule has 40 heavy (non-hydrogen) atoms. The van der Waals surface area contributed by atoms with Crippen molar-refractivity contribution >= 4 is 11.4 Å². The molecule has 0 radical (unpaired) electrons. The van der Waals surface area contributed by atoms with Crippen molar-refractivity contribution in [1.29, 1.82) is 0 Å². The first-order chi connectivity index (χ1) is 19.8. The Hall–Kier alpha value is -2.10. The first-order valence-corrected chi connectivity index (χ1v) is 17.3. The number of aryl methyl sites for hydroxylation is 2. The first kappa shape index (κ1) is 34.1. The van der Waals surface area contributed by atoms with Crippen LogP contribution < -0.4 is 19.8 Å². The lowest BCUT2D eigenvalue weighted by Gasteiger charge is -2.07. The predicted molar refractivity (Wildman–Crippen MR) is 174 cm³/mol. The van der Waals surface area contributed by atoms with E-state index in [1.807, 2.05) is 0 Å². The average molecular weight is 553 g/mol. The van der Waals surface area contributed by atoms with Crippen molar-refractivity contribution in [3.8, 4) is 0 Å². The van der Waals surface area contributed by atoms with Crippen LogP contribution in [0.1, 0.15) is 142 Å². The average Bonchev–Trinajstić information content (AvgIpc) is 2.98. The molecule has 2 aromatic rings. The lowest BCUT2D eigenvalue weighted by molar-refractivity contribution is -0.697. The van der Waals surface area contributed by atoms with Gasteiger partial charge in [0.25, 0.3) is 0 Å². The summed E-state index contributed by atoms with van der Waals surface area (Å²) in [5, 5.41) is 7.20. The number of pyridine rings is 2. The Morgan fingerprint density at radius 1 is 0.400 bits per heavy atom. The summed E-state index contributed by atoms with van der Waals surface area (Å²) >= 11 is 0. The summed E-state index contributed by atoms with van der Waals surface area (Å²) in [6, 6.07) is 8.93. The number of rotatable bonds is 27. The first-order valence-electron chi connectivity index (χ1n) is 17.3. The van der Waals surface area contributed by atoms with E-state index in [4.69, 9.17) is 0 Å². The summed E-state index contributed by atoms with van der Waals surface area (Å²) in [5.41, 5.74) is 2.52. The second-order valence-electron chi connectivity index (χ2n) is 11.9. The maximum atomic E-state index is 3.60. The Morgan fingerprint density at radius 2 is 0.700 bits per heavy atom. The Balaban J connectivity index is 1.35. The van der Waals surface area contributed by atoms with Crippen LogP contribution in [0.15, 0.2) is 49.1 Å². The minimum absolute atomic E-state index is 1.09. The third-order valence-electron chi connectivity index (χ3n) is 8.08. The molecule has 2 rings (SSSR count). The molecule has 0 atom stereocenters. The van der Waals surface area contributed by atoms with Gasteiger partial charge in [-0.2, -0.15) is 0 Å². The fourth-order valence-electron chi connectivity index (χ4n) is 5.37. The van der Waals surface area contributed by atoms with Gasteiger partial charge < -0.3 is 10.6 Å². The van der Waals surface area contributed by atoms with Gasteiger partial charge in [0, 0.05) is 61.6 Å². The fraction of sp³-hybridized carbons (Fsp3) is 0.722. The molecule has 0 fully saturated rings. The third-order valence-corrected chi connectivity index (χ3v) is 8.08. The van der Waals surface area contributed by atoms with Crippen molar-refractivity contribution in [3.63, 3.8) is 0 Å². The van der Waals surface area contributed by atoms with Crippen LogP contribution in [0.5, 0.6) is 0 Å². The molecule has 0 aliphatic rings. The zero-order valence-electron chi connectivity index (χ0n) is 26.5. The SMILES string of the molecule is CCCCCCCC[n+]1ccc(NCCCCCCCCCCNc2cc[n+](CCCCCCCC)cc2)cc1. The van der Waals surface area contributed by atoms with Crippen LogP contribution in [-0.4, -0.2) is 13.1 Å². The van der Waals surface area contributed by atoms with E-state index in [0.717, 1.165) is 26.2 Å². The molecule has 0 aliphatic heterocycles. The summed E-state index contributed by atoms with van der Waals surface area (Å²) < 4.78 is 4.66. The van der Waals surface area contributed by atoms with Crippen molar-refractivity contribution in [2.24, 2.45) is 0 Å². The molecule has 0 aliphatic carbocycles. The van der Waals surface area contributed by atoms with Crippen molar-refractivity contribution in [1.82, 2.24) is 0 Å². The Morgan fingerprint density at radius 3 is 1.05 bits per heavy atom. The lowest BCUT2D eigenvalue weighted by Crippen LogP contribution is -2.32. The molecule has 0 saturated heterocycles. The van der Waals surface area contributed by atoms with Crippen LogP contribution in [0.2, 0.25) is 0 Å². The Kier molecular flexibility index (Phi) is 21.0. The highest BCUT2D eigenvalue weighted by Crippen LogP contribution is 2.11. The molecule has 0 amide bonds. The summed E-state index contributed by atoms with van der Waals surface area (Å²) in [5.74, 6) is 0. The standard InChI is InChI=1S/C36H62N4/c1-3-5-7-9-17-21-29-39-31-23-35(24-32-39)37-27-19-15-13-11-12-14-16-20-28-38-36-25-33-40(34-26-36)30-22-18-10-8-6-4-2/h23-26,31-34H,3-22,27-30H2,1-2H3/p+2. The van der Waals surface area contributed by atoms with Gasteiger partial charge in [-0.3, -0.25) is 0 Å². The van der Waals surface area contributed by atoms with E-state index in [0.29, 0.717) is 0 Å². The highest BCUT2D eigenvalue weighted by Gasteiger charge is 2.03. The molecule has 2 heterocycles. The summed E-state index contributed by atoms with van der Waals surface area (Å²) in [7, 11) is 0. The minimum atomic E-state index is 1.09. The molecule has 2 aromatic heterocycles. The predicted octanol–water partition coefficient (Wildman–Crippen LogP) is 9.63. The van der Waals surface area contributed by atoms with E-state index in [-0.39, 0.29) is 0 Å². The van der Waals surface area contributed by atoms with Crippen LogP contribution in [0.3, 0.4) is 0 Å². The van der Waals surface area contributed by atoms with Crippen molar-refractivity contribution in [3.05, 3.63) is 49.1 Å². The van der Waals surface area contributed by atoms with Gasteiger partial charge in [-0.25, -0.2) is 9.13 Å². The maximum Gasteiger partial charge on any atom is 0.170 e. The van der Waals surface area contributed by atoms with Gasteiger partial charge in [-0.1, -0.05) is 104 Å². The summed E-state index contributed by atoms with van der Waals surface area (Å²) in [6.07, 6.45) is 36.0. The molecule has 4 nitrogen and oxygen atoms in total. The number of hydrogen-bond acceptors (Lipinski definition) is 2. The highest BCUT2D eigenvalue weighted by molar-refractivity contribution is 5.40. The van der Waals surface area contributed by atoms with Crippen LogP contribution >= 0.6 is 0 Å². The fourth-order valence-corrected chi connectivity index (χ4v) is 5.37. The van der Waals surface area contributed by atoms with E-state index in [2.05, 4.69) is 82.7 Å². The second kappa shape index (κ2) is 24.7. The molecule has 0 aromatic carbocycles. The number of nitrogens with one attached hydrogen (secondary N) is 2. The molecule has 0 bridgehead atoms. The molecule has 0 unspecified atom stereocenters. The van der Waals surface area contributed by atoms with E-state index in [1.54, 1.807) is 0 Å². The maximum absolute atomic E-state index is 3.60. The zero-order valence-corrected chi connectivity index (χ0v) is 26.5. The Bertz CT molecular complexity index is 733. The number of anilines is 2.